The van der Waals surface area contributed by atoms with E-state index in [4.69, 9.17) is 4.74 Å². The number of benzene rings is 1. The van der Waals surface area contributed by atoms with Crippen LogP contribution in [0.2, 0.25) is 0 Å². The molecule has 1 aromatic carbocycles. The second-order valence-electron chi connectivity index (χ2n) is 6.08. The lowest BCUT2D eigenvalue weighted by Gasteiger charge is -2.38. The molecule has 1 aliphatic heterocycles. The molecule has 6 heteroatoms. The van der Waals surface area contributed by atoms with Crippen LogP contribution in [0.5, 0.6) is 0 Å². The largest absolute Gasteiger partial charge is 0.381 e. The third kappa shape index (κ3) is 5.45. The van der Waals surface area contributed by atoms with Crippen molar-refractivity contribution in [2.75, 3.05) is 33.4 Å². The maximum absolute atomic E-state index is 12.2. The topological polar surface area (TPSA) is 50.4 Å². The van der Waals surface area contributed by atoms with E-state index in [0.29, 0.717) is 13.1 Å². The highest BCUT2D eigenvalue weighted by atomic mass is 79.9. The minimum atomic E-state index is -0.0215. The highest BCUT2D eigenvalue weighted by Crippen LogP contribution is 2.35. The molecule has 0 saturated carbocycles. The molecule has 2 N–H and O–H groups in total. The Bertz CT molecular complexity index is 490. The third-order valence-corrected chi connectivity index (χ3v) is 4.99. The number of carbonyl (C=O) groups excluding carboxylic acids is 1. The molecule has 1 aliphatic rings. The van der Waals surface area contributed by atoms with E-state index < -0.39 is 0 Å². The Hall–Kier alpha value is -0.620. The van der Waals surface area contributed by atoms with E-state index in [9.17, 15) is 4.79 Å². The second-order valence-corrected chi connectivity index (χ2v) is 6.99. The molecule has 1 fully saturated rings. The average Bonchev–Trinajstić information content (AvgIpc) is 2.54. The second kappa shape index (κ2) is 9.62. The number of halogens is 2. The van der Waals surface area contributed by atoms with Crippen LogP contribution in [-0.4, -0.2) is 39.3 Å². The van der Waals surface area contributed by atoms with Crippen LogP contribution in [0.15, 0.2) is 28.7 Å². The molecule has 1 heterocycles. The standard InChI is InChI=1S/C17H25BrN2O2.ClH/c1-13(11-19-2)16(21)20-12-17(7-9-22-10-8-17)14-3-5-15(18)6-4-14;/h3-6,13,19H,7-12H2,1-2H3,(H,20,21);1H. The van der Waals surface area contributed by atoms with Gasteiger partial charge < -0.3 is 15.4 Å². The number of nitrogens with one attached hydrogen (secondary N) is 2. The van der Waals surface area contributed by atoms with Gasteiger partial charge in [-0.1, -0.05) is 35.0 Å². The molecule has 23 heavy (non-hydrogen) atoms. The Kier molecular flexibility index (Phi) is 8.54. The van der Waals surface area contributed by atoms with Crippen molar-refractivity contribution >= 4 is 34.2 Å². The molecular weight excluding hydrogens is 380 g/mol. The van der Waals surface area contributed by atoms with Crippen LogP contribution in [0.1, 0.15) is 25.3 Å². The zero-order valence-corrected chi connectivity index (χ0v) is 16.1. The summed E-state index contributed by atoms with van der Waals surface area (Å²) in [6.45, 7) is 4.81. The van der Waals surface area contributed by atoms with Gasteiger partial charge in [-0.05, 0) is 37.6 Å². The van der Waals surface area contributed by atoms with Crippen LogP contribution in [0.25, 0.3) is 0 Å². The molecule has 1 atom stereocenters. The first-order valence-corrected chi connectivity index (χ1v) is 8.63. The fourth-order valence-electron chi connectivity index (χ4n) is 2.96. The Morgan fingerprint density at radius 1 is 1.30 bits per heavy atom. The minimum absolute atomic E-state index is 0. The van der Waals surface area contributed by atoms with Gasteiger partial charge in [-0.25, -0.2) is 0 Å². The molecule has 0 bridgehead atoms. The Morgan fingerprint density at radius 3 is 2.48 bits per heavy atom. The van der Waals surface area contributed by atoms with Crippen molar-refractivity contribution in [1.29, 1.82) is 0 Å². The van der Waals surface area contributed by atoms with E-state index in [1.54, 1.807) is 0 Å². The Morgan fingerprint density at radius 2 is 1.91 bits per heavy atom. The fraction of sp³-hybridized carbons (Fsp3) is 0.588. The van der Waals surface area contributed by atoms with Crippen molar-refractivity contribution in [1.82, 2.24) is 10.6 Å². The molecule has 1 amide bonds. The lowest BCUT2D eigenvalue weighted by molar-refractivity contribution is -0.124. The van der Waals surface area contributed by atoms with E-state index >= 15 is 0 Å². The van der Waals surface area contributed by atoms with E-state index in [1.165, 1.54) is 5.56 Å². The van der Waals surface area contributed by atoms with Crippen LogP contribution in [-0.2, 0) is 14.9 Å². The SMILES string of the molecule is CNCC(C)C(=O)NCC1(c2ccc(Br)cc2)CCOCC1.Cl. The van der Waals surface area contributed by atoms with Crippen molar-refractivity contribution in [2.24, 2.45) is 5.92 Å². The summed E-state index contributed by atoms with van der Waals surface area (Å²) in [6, 6.07) is 8.44. The maximum atomic E-state index is 12.2. The van der Waals surface area contributed by atoms with Gasteiger partial charge in [0.25, 0.3) is 0 Å². The molecule has 0 spiro atoms. The molecule has 4 nitrogen and oxygen atoms in total. The normalized spacial score (nSPS) is 17.9. The number of ether oxygens (including phenoxy) is 1. The van der Waals surface area contributed by atoms with Crippen LogP contribution in [0, 0.1) is 5.92 Å². The minimum Gasteiger partial charge on any atom is -0.381 e. The molecule has 0 aliphatic carbocycles. The number of rotatable bonds is 6. The molecule has 1 saturated heterocycles. The summed E-state index contributed by atoms with van der Waals surface area (Å²) in [7, 11) is 1.87. The predicted octanol–water partition coefficient (Wildman–Crippen LogP) is 2.89. The third-order valence-electron chi connectivity index (χ3n) is 4.47. The predicted molar refractivity (Wildman–Crippen MR) is 99.2 cm³/mol. The molecule has 0 aromatic heterocycles. The van der Waals surface area contributed by atoms with Gasteiger partial charge >= 0.3 is 0 Å². The molecule has 130 valence electrons. The first-order chi connectivity index (χ1) is 10.6. The number of carbonyl (C=O) groups is 1. The van der Waals surface area contributed by atoms with Crippen molar-refractivity contribution in [2.45, 2.75) is 25.2 Å². The van der Waals surface area contributed by atoms with Gasteiger partial charge in [0, 0.05) is 42.1 Å². The number of hydrogen-bond acceptors (Lipinski definition) is 3. The van der Waals surface area contributed by atoms with Gasteiger partial charge in [-0.3, -0.25) is 4.79 Å². The highest BCUT2D eigenvalue weighted by molar-refractivity contribution is 9.10. The van der Waals surface area contributed by atoms with Gasteiger partial charge in [-0.15, -0.1) is 12.4 Å². The van der Waals surface area contributed by atoms with Crippen molar-refractivity contribution in [3.63, 3.8) is 0 Å². The zero-order chi connectivity index (χ0) is 16.0. The van der Waals surface area contributed by atoms with Crippen molar-refractivity contribution < 1.29 is 9.53 Å². The van der Waals surface area contributed by atoms with Crippen LogP contribution < -0.4 is 10.6 Å². The highest BCUT2D eigenvalue weighted by Gasteiger charge is 2.35. The lowest BCUT2D eigenvalue weighted by Crippen LogP contribution is -2.46. The van der Waals surface area contributed by atoms with Gasteiger partial charge in [0.2, 0.25) is 5.91 Å². The first-order valence-electron chi connectivity index (χ1n) is 7.83. The molecule has 0 radical (unpaired) electrons. The lowest BCUT2D eigenvalue weighted by atomic mass is 9.74. The molecule has 1 unspecified atom stereocenters. The first kappa shape index (κ1) is 20.4. The Labute approximate surface area is 153 Å². The summed E-state index contributed by atoms with van der Waals surface area (Å²) in [5.41, 5.74) is 1.26. The molecule has 1 aromatic rings. The molecular formula is C17H26BrClN2O2. The maximum Gasteiger partial charge on any atom is 0.224 e. The van der Waals surface area contributed by atoms with Crippen LogP contribution in [0.3, 0.4) is 0 Å². The summed E-state index contributed by atoms with van der Waals surface area (Å²) in [4.78, 5) is 12.2. The fourth-order valence-corrected chi connectivity index (χ4v) is 3.23. The van der Waals surface area contributed by atoms with Crippen LogP contribution in [0.4, 0.5) is 0 Å². The monoisotopic (exact) mass is 404 g/mol. The summed E-state index contributed by atoms with van der Waals surface area (Å²) in [6.07, 6.45) is 1.88. The van der Waals surface area contributed by atoms with Gasteiger partial charge in [0.15, 0.2) is 0 Å². The average molecular weight is 406 g/mol. The summed E-state index contributed by atoms with van der Waals surface area (Å²) in [5.74, 6) is 0.0872. The number of hydrogen-bond donors (Lipinski definition) is 2. The van der Waals surface area contributed by atoms with E-state index in [0.717, 1.165) is 30.5 Å². The van der Waals surface area contributed by atoms with E-state index in [-0.39, 0.29) is 29.6 Å². The smallest absolute Gasteiger partial charge is 0.224 e. The summed E-state index contributed by atoms with van der Waals surface area (Å²) in [5, 5.41) is 6.19. The Balaban J connectivity index is 0.00000264. The van der Waals surface area contributed by atoms with Crippen molar-refractivity contribution in [3.05, 3.63) is 34.3 Å². The van der Waals surface area contributed by atoms with E-state index in [1.807, 2.05) is 14.0 Å². The van der Waals surface area contributed by atoms with E-state index in [2.05, 4.69) is 50.8 Å². The summed E-state index contributed by atoms with van der Waals surface area (Å²) >= 11 is 3.48. The molecule has 2 rings (SSSR count). The number of amides is 1. The summed E-state index contributed by atoms with van der Waals surface area (Å²) < 4.78 is 6.61. The quantitative estimate of drug-likeness (QED) is 0.765. The zero-order valence-electron chi connectivity index (χ0n) is 13.7. The van der Waals surface area contributed by atoms with Crippen LogP contribution >= 0.6 is 28.3 Å². The van der Waals surface area contributed by atoms with Crippen molar-refractivity contribution in [3.8, 4) is 0 Å². The van der Waals surface area contributed by atoms with Gasteiger partial charge in [0.05, 0.1) is 0 Å². The van der Waals surface area contributed by atoms with Gasteiger partial charge in [-0.2, -0.15) is 0 Å². The van der Waals surface area contributed by atoms with Gasteiger partial charge in [0.1, 0.15) is 0 Å².